The van der Waals surface area contributed by atoms with E-state index in [1.807, 2.05) is 42.5 Å². The number of aldehydes is 1. The number of carboxylic acid groups (broad SMARTS) is 2. The zero-order valence-corrected chi connectivity index (χ0v) is 23.1. The quantitative estimate of drug-likeness (QED) is 0.229. The molecule has 8 N–H and O–H groups in total. The first kappa shape index (κ1) is 35.5. The topological polar surface area (TPSA) is 179 Å². The Morgan fingerprint density at radius 2 is 1.59 bits per heavy atom. The van der Waals surface area contributed by atoms with Gasteiger partial charge in [0.1, 0.15) is 11.8 Å². The average Bonchev–Trinajstić information content (AvgIpc) is 2.93. The molecule has 0 unspecified atom stereocenters. The summed E-state index contributed by atoms with van der Waals surface area (Å²) in [6.07, 6.45) is 1.94. The first-order chi connectivity index (χ1) is 18.6. The molecule has 0 aliphatic carbocycles. The van der Waals surface area contributed by atoms with Crippen molar-refractivity contribution in [2.24, 2.45) is 17.2 Å². The lowest BCUT2D eigenvalue weighted by Gasteiger charge is -2.03. The number of carboxylic acids is 2. The number of ether oxygens (including phenoxy) is 1. The third kappa shape index (κ3) is 16.9. The number of carbonyl (C=O) groups is 3. The highest BCUT2D eigenvalue weighted by Gasteiger charge is 2.08. The maximum atomic E-state index is 10.2. The SMILES string of the molecule is COc1ccccc1CN.NCCC[C@H](N)C(=O)O.O=C(O)Cc1ccccc1.O=Cc1ccc(Cl)cc1Cl. The third-order valence-electron chi connectivity index (χ3n) is 4.74. The van der Waals surface area contributed by atoms with Crippen LogP contribution < -0.4 is 21.9 Å². The zero-order chi connectivity index (χ0) is 29.6. The molecule has 0 fully saturated rings. The molecule has 0 saturated carbocycles. The lowest BCUT2D eigenvalue weighted by Crippen LogP contribution is -2.30. The van der Waals surface area contributed by atoms with E-state index in [1.54, 1.807) is 31.4 Å². The summed E-state index contributed by atoms with van der Waals surface area (Å²) in [5, 5.41) is 17.5. The second-order valence-corrected chi connectivity index (χ2v) is 8.58. The number of benzene rings is 3. The van der Waals surface area contributed by atoms with Crippen LogP contribution >= 0.6 is 23.2 Å². The van der Waals surface area contributed by atoms with E-state index in [-0.39, 0.29) is 6.42 Å². The van der Waals surface area contributed by atoms with E-state index in [1.165, 1.54) is 6.07 Å². The van der Waals surface area contributed by atoms with Gasteiger partial charge in [0.2, 0.25) is 0 Å². The summed E-state index contributed by atoms with van der Waals surface area (Å²) in [4.78, 5) is 30.4. The highest BCUT2D eigenvalue weighted by Crippen LogP contribution is 2.19. The molecular formula is C28H35Cl2N3O6. The number of aliphatic carboxylic acids is 2. The predicted molar refractivity (Wildman–Crippen MR) is 154 cm³/mol. The molecule has 3 aromatic carbocycles. The number of hydrogen-bond donors (Lipinski definition) is 5. The Labute approximate surface area is 238 Å². The van der Waals surface area contributed by atoms with Crippen LogP contribution in [0.15, 0.2) is 72.8 Å². The number of para-hydroxylation sites is 1. The minimum atomic E-state index is -0.955. The van der Waals surface area contributed by atoms with Gasteiger partial charge in [0.15, 0.2) is 6.29 Å². The van der Waals surface area contributed by atoms with Crippen molar-refractivity contribution < 1.29 is 29.3 Å². The van der Waals surface area contributed by atoms with Crippen molar-refractivity contribution in [3.63, 3.8) is 0 Å². The first-order valence-electron chi connectivity index (χ1n) is 11.8. The Bertz CT molecular complexity index is 1110. The van der Waals surface area contributed by atoms with Crippen LogP contribution in [0.1, 0.15) is 34.3 Å². The third-order valence-corrected chi connectivity index (χ3v) is 5.30. The minimum Gasteiger partial charge on any atom is -0.496 e. The largest absolute Gasteiger partial charge is 0.496 e. The predicted octanol–water partition coefficient (Wildman–Crippen LogP) is 4.41. The van der Waals surface area contributed by atoms with Gasteiger partial charge in [-0.25, -0.2) is 0 Å². The van der Waals surface area contributed by atoms with Gasteiger partial charge in [0, 0.05) is 22.7 Å². The van der Waals surface area contributed by atoms with Crippen LogP contribution in [0.25, 0.3) is 0 Å². The molecule has 0 bridgehead atoms. The number of hydrogen-bond acceptors (Lipinski definition) is 7. The molecule has 0 aromatic heterocycles. The Morgan fingerprint density at radius 3 is 2.05 bits per heavy atom. The first-order valence-corrected chi connectivity index (χ1v) is 12.5. The molecule has 0 amide bonds. The molecule has 0 heterocycles. The van der Waals surface area contributed by atoms with E-state index in [9.17, 15) is 14.4 Å². The Balaban J connectivity index is 0.000000494. The second kappa shape index (κ2) is 21.5. The van der Waals surface area contributed by atoms with Crippen molar-refractivity contribution in [2.45, 2.75) is 31.8 Å². The van der Waals surface area contributed by atoms with E-state index in [2.05, 4.69) is 0 Å². The van der Waals surface area contributed by atoms with Gasteiger partial charge in [0.05, 0.1) is 18.6 Å². The van der Waals surface area contributed by atoms with Gasteiger partial charge in [-0.05, 0) is 49.2 Å². The van der Waals surface area contributed by atoms with Crippen molar-refractivity contribution in [3.8, 4) is 5.75 Å². The summed E-state index contributed by atoms with van der Waals surface area (Å²) in [7, 11) is 1.65. The van der Waals surface area contributed by atoms with Gasteiger partial charge in [-0.1, -0.05) is 71.7 Å². The molecule has 0 aliphatic rings. The highest BCUT2D eigenvalue weighted by molar-refractivity contribution is 6.36. The lowest BCUT2D eigenvalue weighted by molar-refractivity contribution is -0.139. The monoisotopic (exact) mass is 579 g/mol. The summed E-state index contributed by atoms with van der Waals surface area (Å²) in [5.41, 5.74) is 18.1. The van der Waals surface area contributed by atoms with E-state index in [4.69, 9.17) is 55.4 Å². The van der Waals surface area contributed by atoms with E-state index in [0.717, 1.165) is 16.9 Å². The summed E-state index contributed by atoms with van der Waals surface area (Å²) >= 11 is 11.2. The summed E-state index contributed by atoms with van der Waals surface area (Å²) < 4.78 is 5.06. The van der Waals surface area contributed by atoms with Gasteiger partial charge >= 0.3 is 11.9 Å². The van der Waals surface area contributed by atoms with Crippen LogP contribution in [0.3, 0.4) is 0 Å². The van der Waals surface area contributed by atoms with Crippen molar-refractivity contribution in [1.82, 2.24) is 0 Å². The van der Waals surface area contributed by atoms with Gasteiger partial charge in [-0.3, -0.25) is 14.4 Å². The smallest absolute Gasteiger partial charge is 0.320 e. The molecule has 11 heteroatoms. The maximum Gasteiger partial charge on any atom is 0.320 e. The molecule has 3 rings (SSSR count). The fourth-order valence-electron chi connectivity index (χ4n) is 2.70. The number of halogens is 2. The minimum absolute atomic E-state index is 0.112. The normalized spacial score (nSPS) is 10.2. The van der Waals surface area contributed by atoms with Crippen LogP contribution in [0, 0.1) is 0 Å². The molecule has 0 saturated heterocycles. The second-order valence-electron chi connectivity index (χ2n) is 7.73. The Morgan fingerprint density at radius 1 is 0.974 bits per heavy atom. The molecule has 212 valence electrons. The van der Waals surface area contributed by atoms with Gasteiger partial charge in [-0.15, -0.1) is 0 Å². The molecule has 9 nitrogen and oxygen atoms in total. The molecule has 0 spiro atoms. The van der Waals surface area contributed by atoms with Crippen LogP contribution in [0.4, 0.5) is 0 Å². The number of nitrogens with two attached hydrogens (primary N) is 3. The maximum absolute atomic E-state index is 10.2. The van der Waals surface area contributed by atoms with E-state index >= 15 is 0 Å². The lowest BCUT2D eigenvalue weighted by atomic mass is 10.2. The number of methoxy groups -OCH3 is 1. The van der Waals surface area contributed by atoms with Gasteiger partial charge in [0.25, 0.3) is 0 Å². The van der Waals surface area contributed by atoms with Crippen LogP contribution in [-0.4, -0.2) is 48.1 Å². The Kier molecular flexibility index (Phi) is 19.6. The van der Waals surface area contributed by atoms with E-state index in [0.29, 0.717) is 47.8 Å². The molecule has 1 atom stereocenters. The van der Waals surface area contributed by atoms with Crippen LogP contribution in [0.5, 0.6) is 5.75 Å². The molecule has 0 aliphatic heterocycles. The van der Waals surface area contributed by atoms with E-state index < -0.39 is 18.0 Å². The standard InChI is InChI=1S/C8H11NO.C8H8O2.C7H4Cl2O.C5H12N2O2/c1-10-8-5-3-2-4-7(8)6-9;9-8(10)6-7-4-2-1-3-5-7;8-6-2-1-5(4-10)7(9)3-6;6-3-1-2-4(7)5(8)9/h2-5H,6,9H2,1H3;1-5H,6H2,(H,9,10);1-4H;4H,1-3,6-7H2,(H,8,9)/t;;;4-/m...0/s1. The van der Waals surface area contributed by atoms with Crippen LogP contribution in [-0.2, 0) is 22.6 Å². The zero-order valence-electron chi connectivity index (χ0n) is 21.6. The van der Waals surface area contributed by atoms with Gasteiger partial charge in [-0.2, -0.15) is 0 Å². The van der Waals surface area contributed by atoms with Gasteiger partial charge < -0.3 is 32.2 Å². The van der Waals surface area contributed by atoms with Crippen LogP contribution in [0.2, 0.25) is 10.0 Å². The fourth-order valence-corrected chi connectivity index (χ4v) is 3.15. The van der Waals surface area contributed by atoms with Crippen molar-refractivity contribution in [1.29, 1.82) is 0 Å². The summed E-state index contributed by atoms with van der Waals surface area (Å²) in [6, 6.07) is 20.9. The fraction of sp³-hybridized carbons (Fsp3) is 0.250. The average molecular weight is 581 g/mol. The highest BCUT2D eigenvalue weighted by atomic mass is 35.5. The number of rotatable bonds is 9. The molecule has 3 aromatic rings. The summed E-state index contributed by atoms with van der Waals surface area (Å²) in [5.74, 6) is -0.875. The number of carbonyl (C=O) groups excluding carboxylic acids is 1. The molecule has 39 heavy (non-hydrogen) atoms. The van der Waals surface area contributed by atoms with Crippen molar-refractivity contribution >= 4 is 41.4 Å². The van der Waals surface area contributed by atoms with Crippen molar-refractivity contribution in [3.05, 3.63) is 99.5 Å². The molecular weight excluding hydrogens is 545 g/mol. The Hall–Kier alpha value is -3.47. The summed E-state index contributed by atoms with van der Waals surface area (Å²) in [6.45, 7) is 1.03. The molecule has 0 radical (unpaired) electrons. The van der Waals surface area contributed by atoms with Crippen molar-refractivity contribution in [2.75, 3.05) is 13.7 Å².